The number of rotatable bonds is 6. The molecule has 3 aromatic carbocycles. The molecule has 0 bridgehead atoms. The van der Waals surface area contributed by atoms with Crippen molar-refractivity contribution in [3.63, 3.8) is 0 Å². The maximum Gasteiger partial charge on any atom is 0.283 e. The Hall–Kier alpha value is -2.30. The molecule has 0 fully saturated rings. The van der Waals surface area contributed by atoms with Gasteiger partial charge < -0.3 is 8.99 Å². The Morgan fingerprint density at radius 1 is 0.750 bits per heavy atom. The van der Waals surface area contributed by atoms with Gasteiger partial charge >= 0.3 is 0 Å². The summed E-state index contributed by atoms with van der Waals surface area (Å²) in [4.78, 5) is 0. The lowest BCUT2D eigenvalue weighted by atomic mass is 9.84. The topological polar surface area (TPSA) is 14.2 Å². The fourth-order valence-corrected chi connectivity index (χ4v) is 6.73. The fraction of sp³-hybridized carbons (Fsp3) is 0.185. The predicted molar refractivity (Wildman–Crippen MR) is 137 cm³/mol. The maximum atomic E-state index is 7.03. The summed E-state index contributed by atoms with van der Waals surface area (Å²) in [6, 6.07) is 28.7. The summed E-state index contributed by atoms with van der Waals surface area (Å²) < 4.78 is 9.03. The molecule has 0 aliphatic carbocycles. The van der Waals surface area contributed by atoms with Gasteiger partial charge in [-0.15, -0.1) is 0 Å². The third-order valence-corrected chi connectivity index (χ3v) is 8.26. The van der Waals surface area contributed by atoms with E-state index in [1.165, 1.54) is 10.4 Å². The fourth-order valence-electron chi connectivity index (χ4n) is 3.76. The average Bonchev–Trinajstić information content (AvgIpc) is 3.31. The van der Waals surface area contributed by atoms with E-state index < -0.39 is 9.04 Å². The minimum atomic E-state index is -1.55. The molecule has 2 nitrogen and oxygen atoms in total. The summed E-state index contributed by atoms with van der Waals surface area (Å²) in [6.07, 6.45) is 3.66. The third kappa shape index (κ3) is 4.87. The summed E-state index contributed by atoms with van der Waals surface area (Å²) in [7, 11) is -1.55. The van der Waals surface area contributed by atoms with Crippen LogP contribution in [-0.2, 0) is 4.43 Å². The first kappa shape index (κ1) is 22.9. The Morgan fingerprint density at radius 2 is 1.28 bits per heavy atom. The molecular weight excluding hydrogens is 453 g/mol. The first-order valence-corrected chi connectivity index (χ1v) is 12.8. The quantitative estimate of drug-likeness (QED) is 0.281. The van der Waals surface area contributed by atoms with Gasteiger partial charge in [0.25, 0.3) is 9.04 Å². The minimum absolute atomic E-state index is 0.234. The molecule has 1 radical (unpaired) electrons. The summed E-state index contributed by atoms with van der Waals surface area (Å²) >= 11 is 13.8. The van der Waals surface area contributed by atoms with Crippen LogP contribution in [0.3, 0.4) is 0 Å². The van der Waals surface area contributed by atoms with Crippen molar-refractivity contribution in [3.05, 3.63) is 113 Å². The van der Waals surface area contributed by atoms with Gasteiger partial charge in [-0.3, -0.25) is 0 Å². The van der Waals surface area contributed by atoms with Crippen molar-refractivity contribution in [1.82, 2.24) is 4.57 Å². The van der Waals surface area contributed by atoms with Gasteiger partial charge in [0.05, 0.1) is 16.8 Å². The van der Waals surface area contributed by atoms with Crippen molar-refractivity contribution < 1.29 is 4.43 Å². The van der Waals surface area contributed by atoms with Gasteiger partial charge in [-0.2, -0.15) is 0 Å². The van der Waals surface area contributed by atoms with Gasteiger partial charge in [0.15, 0.2) is 0 Å². The Balaban J connectivity index is 1.84. The number of aromatic nitrogens is 1. The van der Waals surface area contributed by atoms with Crippen LogP contribution in [0.25, 0.3) is 5.69 Å². The monoisotopic (exact) mass is 478 g/mol. The molecule has 0 saturated heterocycles. The van der Waals surface area contributed by atoms with E-state index in [1.54, 1.807) is 0 Å². The molecule has 4 rings (SSSR count). The van der Waals surface area contributed by atoms with Crippen molar-refractivity contribution in [2.45, 2.75) is 26.9 Å². The first-order valence-electron chi connectivity index (χ1n) is 10.6. The van der Waals surface area contributed by atoms with Crippen LogP contribution < -0.4 is 10.4 Å². The van der Waals surface area contributed by atoms with Crippen molar-refractivity contribution in [1.29, 1.82) is 0 Å². The number of halogens is 2. The Morgan fingerprint density at radius 3 is 1.78 bits per heavy atom. The normalized spacial score (nSPS) is 12.8. The van der Waals surface area contributed by atoms with Gasteiger partial charge in [0, 0.05) is 23.0 Å². The van der Waals surface area contributed by atoms with Crippen molar-refractivity contribution in [3.8, 4) is 5.69 Å². The number of benzene rings is 3. The van der Waals surface area contributed by atoms with Crippen LogP contribution in [0.4, 0.5) is 0 Å². The molecule has 1 aromatic heterocycles. The SMILES string of the molecule is CC(C)(C)C(O[Si](c1ccccc1)c1ccccc1)c1c(Cl)ccc(-n2cccc2)c1Cl. The summed E-state index contributed by atoms with van der Waals surface area (Å²) in [5.41, 5.74) is 1.49. The lowest BCUT2D eigenvalue weighted by molar-refractivity contribution is 0.0898. The molecule has 1 unspecified atom stereocenters. The smallest absolute Gasteiger partial charge is 0.283 e. The van der Waals surface area contributed by atoms with Crippen LogP contribution in [0, 0.1) is 5.41 Å². The molecular formula is C27H26Cl2NOSi. The molecule has 1 atom stereocenters. The zero-order chi connectivity index (χ0) is 22.7. The molecule has 32 heavy (non-hydrogen) atoms. The predicted octanol–water partition coefficient (Wildman–Crippen LogP) is 6.69. The maximum absolute atomic E-state index is 7.03. The van der Waals surface area contributed by atoms with E-state index in [0.717, 1.165) is 11.3 Å². The minimum Gasteiger partial charge on any atom is -0.400 e. The Bertz CT molecular complexity index is 1120. The highest BCUT2D eigenvalue weighted by molar-refractivity contribution is 6.80. The van der Waals surface area contributed by atoms with Crippen LogP contribution in [0.2, 0.25) is 10.0 Å². The summed E-state index contributed by atoms with van der Waals surface area (Å²) in [5.74, 6) is 0. The highest BCUT2D eigenvalue weighted by Gasteiger charge is 2.35. The molecule has 0 amide bonds. The van der Waals surface area contributed by atoms with Gasteiger partial charge in [0.2, 0.25) is 0 Å². The van der Waals surface area contributed by atoms with Crippen LogP contribution >= 0.6 is 23.2 Å². The Kier molecular flexibility index (Phi) is 6.92. The van der Waals surface area contributed by atoms with Crippen LogP contribution in [0.1, 0.15) is 32.4 Å². The van der Waals surface area contributed by atoms with Gasteiger partial charge in [-0.25, -0.2) is 0 Å². The van der Waals surface area contributed by atoms with Gasteiger partial charge in [-0.1, -0.05) is 105 Å². The molecule has 0 spiro atoms. The second-order valence-corrected chi connectivity index (χ2v) is 11.6. The average molecular weight is 480 g/mol. The first-order chi connectivity index (χ1) is 15.4. The molecule has 0 aliphatic rings. The standard InChI is InChI=1S/C27H26Cl2NOSi/c1-27(2,3)26(24-22(28)16-17-23(25(24)29)30-18-10-11-19-30)31-32(20-12-6-4-7-13-20)21-14-8-5-9-15-21/h4-19,26H,1-3H3. The van der Waals surface area contributed by atoms with E-state index in [4.69, 9.17) is 27.6 Å². The molecule has 4 aromatic rings. The number of hydrogen-bond donors (Lipinski definition) is 0. The number of hydrogen-bond acceptors (Lipinski definition) is 1. The lowest BCUT2D eigenvalue weighted by Gasteiger charge is -2.35. The van der Waals surface area contributed by atoms with Crippen molar-refractivity contribution in [2.24, 2.45) is 5.41 Å². The molecule has 0 N–H and O–H groups in total. The second kappa shape index (κ2) is 9.68. The van der Waals surface area contributed by atoms with E-state index in [9.17, 15) is 0 Å². The molecule has 5 heteroatoms. The van der Waals surface area contributed by atoms with E-state index in [-0.39, 0.29) is 11.5 Å². The van der Waals surface area contributed by atoms with E-state index in [0.29, 0.717) is 10.0 Å². The third-order valence-electron chi connectivity index (χ3n) is 5.35. The van der Waals surface area contributed by atoms with E-state index >= 15 is 0 Å². The van der Waals surface area contributed by atoms with Gasteiger partial charge in [-0.05, 0) is 40.1 Å². The highest BCUT2D eigenvalue weighted by atomic mass is 35.5. The number of nitrogens with zero attached hydrogens (tertiary/aromatic N) is 1. The van der Waals surface area contributed by atoms with E-state index in [2.05, 4.69) is 69.3 Å². The van der Waals surface area contributed by atoms with Crippen LogP contribution in [0.15, 0.2) is 97.3 Å². The second-order valence-electron chi connectivity index (χ2n) is 8.81. The molecule has 0 aliphatic heterocycles. The largest absolute Gasteiger partial charge is 0.400 e. The van der Waals surface area contributed by atoms with Crippen molar-refractivity contribution >= 4 is 42.6 Å². The zero-order valence-electron chi connectivity index (χ0n) is 18.4. The summed E-state index contributed by atoms with van der Waals surface area (Å²) in [5, 5.41) is 3.61. The molecule has 1 heterocycles. The molecule has 0 saturated carbocycles. The van der Waals surface area contributed by atoms with Crippen LogP contribution in [-0.4, -0.2) is 13.6 Å². The van der Waals surface area contributed by atoms with Gasteiger partial charge in [0.1, 0.15) is 0 Å². The van der Waals surface area contributed by atoms with Crippen LogP contribution in [0.5, 0.6) is 0 Å². The van der Waals surface area contributed by atoms with E-state index in [1.807, 2.05) is 53.4 Å². The Labute approximate surface area is 202 Å². The zero-order valence-corrected chi connectivity index (χ0v) is 20.9. The lowest BCUT2D eigenvalue weighted by Crippen LogP contribution is -2.47. The van der Waals surface area contributed by atoms with Crippen molar-refractivity contribution in [2.75, 3.05) is 0 Å². The molecule has 163 valence electrons. The highest BCUT2D eigenvalue weighted by Crippen LogP contribution is 2.44. The summed E-state index contributed by atoms with van der Waals surface area (Å²) in [6.45, 7) is 6.51.